The van der Waals surface area contributed by atoms with E-state index in [1.54, 1.807) is 0 Å². The Labute approximate surface area is 120 Å². The third-order valence-corrected chi connectivity index (χ3v) is 3.54. The number of benzene rings is 1. The van der Waals surface area contributed by atoms with Crippen molar-refractivity contribution in [1.29, 1.82) is 0 Å². The number of carbonyl (C=O) groups excluding carboxylic acids is 1. The van der Waals surface area contributed by atoms with E-state index in [1.807, 2.05) is 25.6 Å². The molecule has 3 rings (SSSR count). The molecule has 0 saturated carbocycles. The minimum absolute atomic E-state index is 0.236. The summed E-state index contributed by atoms with van der Waals surface area (Å²) in [6, 6.07) is 8.27. The molecule has 1 aliphatic rings. The van der Waals surface area contributed by atoms with Crippen molar-refractivity contribution >= 4 is 5.78 Å². The van der Waals surface area contributed by atoms with Gasteiger partial charge in [-0.1, -0.05) is 43.7 Å². The van der Waals surface area contributed by atoms with E-state index < -0.39 is 0 Å². The normalized spacial score (nSPS) is 13.5. The van der Waals surface area contributed by atoms with E-state index in [0.717, 1.165) is 35.4 Å². The van der Waals surface area contributed by atoms with Crippen LogP contribution in [0.25, 0.3) is 11.3 Å². The number of hydrogen-bond acceptors (Lipinski definition) is 2. The van der Waals surface area contributed by atoms with E-state index in [0.29, 0.717) is 6.42 Å². The van der Waals surface area contributed by atoms with Crippen molar-refractivity contribution in [3.8, 4) is 11.3 Å². The van der Waals surface area contributed by atoms with E-state index >= 15 is 0 Å². The van der Waals surface area contributed by atoms with Crippen molar-refractivity contribution in [2.24, 2.45) is 7.05 Å². The van der Waals surface area contributed by atoms with Crippen LogP contribution in [0, 0.1) is 6.92 Å². The van der Waals surface area contributed by atoms with Crippen molar-refractivity contribution < 1.29 is 4.79 Å². The monoisotopic (exact) mass is 270 g/mol. The standard InChI is InChI=1S/C15H16N2O.C2H6/c1-10-6-8-11(9-7-10)15-14-12(16-17(15)2)4-3-5-13(14)18;1-2/h6-9H,3-5H2,1-2H3;1-2H3. The SMILES string of the molecule is CC.Cc1ccc(-c2c3c(nn2C)CCCC3=O)cc1. The van der Waals surface area contributed by atoms with Crippen molar-refractivity contribution in [3.05, 3.63) is 41.1 Å². The molecule has 106 valence electrons. The number of nitrogens with zero attached hydrogens (tertiary/aromatic N) is 2. The molecule has 0 fully saturated rings. The Kier molecular flexibility index (Phi) is 4.38. The molecule has 2 aromatic rings. The van der Waals surface area contributed by atoms with Crippen molar-refractivity contribution in [2.75, 3.05) is 0 Å². The molecule has 3 nitrogen and oxygen atoms in total. The van der Waals surface area contributed by atoms with Gasteiger partial charge in [-0.15, -0.1) is 0 Å². The lowest BCUT2D eigenvalue weighted by molar-refractivity contribution is 0.0973. The summed E-state index contributed by atoms with van der Waals surface area (Å²) in [6.45, 7) is 6.06. The summed E-state index contributed by atoms with van der Waals surface area (Å²) in [6.07, 6.45) is 2.49. The molecule has 0 radical (unpaired) electrons. The molecular formula is C17H22N2O. The summed E-state index contributed by atoms with van der Waals surface area (Å²) < 4.78 is 1.85. The summed E-state index contributed by atoms with van der Waals surface area (Å²) in [4.78, 5) is 12.1. The predicted octanol–water partition coefficient (Wildman–Crippen LogP) is 3.94. The highest BCUT2D eigenvalue weighted by atomic mass is 16.1. The number of Topliss-reactive ketones (excluding diaryl/α,β-unsaturated/α-hetero) is 1. The Balaban J connectivity index is 0.000000704. The fourth-order valence-corrected chi connectivity index (χ4v) is 2.63. The van der Waals surface area contributed by atoms with Gasteiger partial charge in [-0.3, -0.25) is 9.48 Å². The van der Waals surface area contributed by atoms with Gasteiger partial charge in [-0.25, -0.2) is 0 Å². The average molecular weight is 270 g/mol. The fourth-order valence-electron chi connectivity index (χ4n) is 2.63. The maximum absolute atomic E-state index is 12.1. The van der Waals surface area contributed by atoms with E-state index in [4.69, 9.17) is 0 Å². The van der Waals surface area contributed by atoms with Crippen LogP contribution >= 0.6 is 0 Å². The molecule has 3 heteroatoms. The van der Waals surface area contributed by atoms with Crippen LogP contribution in [0.3, 0.4) is 0 Å². The Morgan fingerprint density at radius 1 is 1.10 bits per heavy atom. The van der Waals surface area contributed by atoms with Crippen molar-refractivity contribution in [2.45, 2.75) is 40.0 Å². The fraction of sp³-hybridized carbons (Fsp3) is 0.412. The number of fused-ring (bicyclic) bond motifs is 1. The molecule has 1 aliphatic carbocycles. The second kappa shape index (κ2) is 6.04. The maximum Gasteiger partial charge on any atom is 0.166 e. The van der Waals surface area contributed by atoms with Crippen LogP contribution in [0.4, 0.5) is 0 Å². The number of ketones is 1. The second-order valence-electron chi connectivity index (χ2n) is 4.94. The summed E-state index contributed by atoms with van der Waals surface area (Å²) in [5.41, 5.74) is 5.07. The highest BCUT2D eigenvalue weighted by Crippen LogP contribution is 2.31. The summed E-state index contributed by atoms with van der Waals surface area (Å²) in [5.74, 6) is 0.236. The first-order valence-electron chi connectivity index (χ1n) is 7.33. The maximum atomic E-state index is 12.1. The second-order valence-corrected chi connectivity index (χ2v) is 4.94. The Hall–Kier alpha value is -1.90. The molecule has 0 aliphatic heterocycles. The molecule has 1 aromatic heterocycles. The first-order valence-corrected chi connectivity index (χ1v) is 7.33. The molecule has 1 aromatic carbocycles. The zero-order valence-corrected chi connectivity index (χ0v) is 12.7. The van der Waals surface area contributed by atoms with Gasteiger partial charge in [0.05, 0.1) is 17.0 Å². The van der Waals surface area contributed by atoms with Gasteiger partial charge in [0.25, 0.3) is 0 Å². The number of aryl methyl sites for hydroxylation is 3. The van der Waals surface area contributed by atoms with Crippen molar-refractivity contribution in [3.63, 3.8) is 0 Å². The van der Waals surface area contributed by atoms with Crippen LogP contribution in [0.2, 0.25) is 0 Å². The van der Waals surface area contributed by atoms with E-state index in [9.17, 15) is 4.79 Å². The van der Waals surface area contributed by atoms with Gasteiger partial charge in [0.15, 0.2) is 5.78 Å². The molecule has 0 atom stereocenters. The minimum atomic E-state index is 0.236. The van der Waals surface area contributed by atoms with Crippen LogP contribution in [-0.4, -0.2) is 15.6 Å². The molecular weight excluding hydrogens is 248 g/mol. The highest BCUT2D eigenvalue weighted by Gasteiger charge is 2.26. The first-order chi connectivity index (χ1) is 9.66. The predicted molar refractivity (Wildman–Crippen MR) is 82.0 cm³/mol. The van der Waals surface area contributed by atoms with E-state index in [2.05, 4.69) is 36.3 Å². The van der Waals surface area contributed by atoms with E-state index in [-0.39, 0.29) is 5.78 Å². The quantitative estimate of drug-likeness (QED) is 0.786. The highest BCUT2D eigenvalue weighted by molar-refractivity contribution is 6.03. The molecule has 0 spiro atoms. The summed E-state index contributed by atoms with van der Waals surface area (Å²) >= 11 is 0. The van der Waals surface area contributed by atoms with Gasteiger partial charge in [0, 0.05) is 19.0 Å². The molecule has 0 amide bonds. The summed E-state index contributed by atoms with van der Waals surface area (Å²) in [5, 5.41) is 4.50. The molecule has 0 N–H and O–H groups in total. The van der Waals surface area contributed by atoms with Gasteiger partial charge in [-0.2, -0.15) is 5.10 Å². The largest absolute Gasteiger partial charge is 0.294 e. The Morgan fingerprint density at radius 3 is 2.40 bits per heavy atom. The van der Waals surface area contributed by atoms with Gasteiger partial charge in [-0.05, 0) is 19.8 Å². The smallest absolute Gasteiger partial charge is 0.166 e. The van der Waals surface area contributed by atoms with Gasteiger partial charge < -0.3 is 0 Å². The number of rotatable bonds is 1. The van der Waals surface area contributed by atoms with Crippen LogP contribution < -0.4 is 0 Å². The number of hydrogen-bond donors (Lipinski definition) is 0. The zero-order valence-electron chi connectivity index (χ0n) is 12.7. The average Bonchev–Trinajstić information content (AvgIpc) is 2.80. The van der Waals surface area contributed by atoms with Crippen LogP contribution in [0.5, 0.6) is 0 Å². The minimum Gasteiger partial charge on any atom is -0.294 e. The Morgan fingerprint density at radius 2 is 1.75 bits per heavy atom. The third-order valence-electron chi connectivity index (χ3n) is 3.54. The van der Waals surface area contributed by atoms with Crippen LogP contribution in [0.15, 0.2) is 24.3 Å². The van der Waals surface area contributed by atoms with Crippen LogP contribution in [-0.2, 0) is 13.5 Å². The molecule has 0 bridgehead atoms. The number of aromatic nitrogens is 2. The first kappa shape index (κ1) is 14.5. The number of carbonyl (C=O) groups is 1. The lowest BCUT2D eigenvalue weighted by Gasteiger charge is -2.10. The lowest BCUT2D eigenvalue weighted by atomic mass is 9.92. The molecule has 1 heterocycles. The van der Waals surface area contributed by atoms with Gasteiger partial charge in [0.2, 0.25) is 0 Å². The van der Waals surface area contributed by atoms with Gasteiger partial charge >= 0.3 is 0 Å². The van der Waals surface area contributed by atoms with Gasteiger partial charge in [0.1, 0.15) is 0 Å². The van der Waals surface area contributed by atoms with E-state index in [1.165, 1.54) is 5.56 Å². The summed E-state index contributed by atoms with van der Waals surface area (Å²) in [7, 11) is 1.92. The van der Waals surface area contributed by atoms with Crippen LogP contribution in [0.1, 0.15) is 48.3 Å². The topological polar surface area (TPSA) is 34.9 Å². The third kappa shape index (κ3) is 2.53. The molecule has 0 unspecified atom stereocenters. The zero-order chi connectivity index (χ0) is 14.7. The molecule has 0 saturated heterocycles. The lowest BCUT2D eigenvalue weighted by Crippen LogP contribution is -2.10. The van der Waals surface area contributed by atoms with Crippen molar-refractivity contribution in [1.82, 2.24) is 9.78 Å². The Bertz CT molecular complexity index is 609. The molecule has 20 heavy (non-hydrogen) atoms.